The van der Waals surface area contributed by atoms with Crippen molar-refractivity contribution in [3.05, 3.63) is 23.8 Å². The van der Waals surface area contributed by atoms with Gasteiger partial charge < -0.3 is 15.7 Å². The zero-order valence-corrected chi connectivity index (χ0v) is 8.27. The zero-order valence-electron chi connectivity index (χ0n) is 8.27. The van der Waals surface area contributed by atoms with Gasteiger partial charge in [0.2, 0.25) is 0 Å². The van der Waals surface area contributed by atoms with Crippen molar-refractivity contribution in [3.8, 4) is 6.07 Å². The number of nitriles is 1. The summed E-state index contributed by atoms with van der Waals surface area (Å²) < 4.78 is 0. The Labute approximate surface area is 87.3 Å². The van der Waals surface area contributed by atoms with Crippen molar-refractivity contribution in [1.29, 1.82) is 5.26 Å². The SMILES string of the molecule is CN(CC(=O)O)c1cccc(C#N)c1N. The molecule has 5 nitrogen and oxygen atoms in total. The molecular formula is C10H11N3O2. The first kappa shape index (κ1) is 10.9. The van der Waals surface area contributed by atoms with Crippen molar-refractivity contribution < 1.29 is 9.90 Å². The summed E-state index contributed by atoms with van der Waals surface area (Å²) in [6, 6.07) is 6.88. The molecule has 1 aromatic rings. The lowest BCUT2D eigenvalue weighted by molar-refractivity contribution is -0.135. The van der Waals surface area contributed by atoms with Crippen molar-refractivity contribution in [2.45, 2.75) is 0 Å². The number of nitrogens with two attached hydrogens (primary N) is 1. The molecule has 3 N–H and O–H groups in total. The molecule has 0 bridgehead atoms. The average Bonchev–Trinajstić information content (AvgIpc) is 2.17. The third-order valence-electron chi connectivity index (χ3n) is 1.99. The minimum Gasteiger partial charge on any atom is -0.480 e. The number of nitrogen functional groups attached to an aromatic ring is 1. The predicted octanol–water partition coefficient (Wildman–Crippen LogP) is 0.661. The van der Waals surface area contributed by atoms with Gasteiger partial charge >= 0.3 is 5.97 Å². The Hall–Kier alpha value is -2.22. The van der Waals surface area contributed by atoms with Gasteiger partial charge in [0.25, 0.3) is 0 Å². The first-order valence-electron chi connectivity index (χ1n) is 4.27. The van der Waals surface area contributed by atoms with Crippen molar-refractivity contribution >= 4 is 17.3 Å². The first-order valence-corrected chi connectivity index (χ1v) is 4.27. The van der Waals surface area contributed by atoms with E-state index in [9.17, 15) is 4.79 Å². The van der Waals surface area contributed by atoms with E-state index >= 15 is 0 Å². The Kier molecular flexibility index (Phi) is 3.13. The molecule has 78 valence electrons. The second kappa shape index (κ2) is 4.33. The summed E-state index contributed by atoms with van der Waals surface area (Å²) in [5.41, 5.74) is 6.93. The van der Waals surface area contributed by atoms with Gasteiger partial charge in [-0.05, 0) is 12.1 Å². The third-order valence-corrected chi connectivity index (χ3v) is 1.99. The monoisotopic (exact) mass is 205 g/mol. The zero-order chi connectivity index (χ0) is 11.4. The standard InChI is InChI=1S/C10H11N3O2/c1-13(6-9(14)15)8-4-2-3-7(5-11)10(8)12/h2-4H,6,12H2,1H3,(H,14,15). The van der Waals surface area contributed by atoms with Crippen LogP contribution < -0.4 is 10.6 Å². The quantitative estimate of drug-likeness (QED) is 0.707. The number of aliphatic carboxylic acids is 1. The molecule has 5 heteroatoms. The lowest BCUT2D eigenvalue weighted by Gasteiger charge is -2.19. The topological polar surface area (TPSA) is 90.4 Å². The number of rotatable bonds is 3. The number of benzene rings is 1. The van der Waals surface area contributed by atoms with Crippen LogP contribution in [0.25, 0.3) is 0 Å². The van der Waals surface area contributed by atoms with E-state index in [1.807, 2.05) is 6.07 Å². The molecule has 0 saturated heterocycles. The van der Waals surface area contributed by atoms with Crippen LogP contribution in [0.4, 0.5) is 11.4 Å². The summed E-state index contributed by atoms with van der Waals surface area (Å²) in [5, 5.41) is 17.4. The molecule has 0 spiro atoms. The minimum atomic E-state index is -0.945. The Morgan fingerprint density at radius 1 is 1.67 bits per heavy atom. The number of hydrogen-bond acceptors (Lipinski definition) is 4. The van der Waals surface area contributed by atoms with E-state index in [2.05, 4.69) is 0 Å². The summed E-state index contributed by atoms with van der Waals surface area (Å²) in [6.45, 7) is -0.154. The second-order valence-electron chi connectivity index (χ2n) is 3.10. The number of anilines is 2. The van der Waals surface area contributed by atoms with Gasteiger partial charge in [-0.2, -0.15) is 5.26 Å². The fraction of sp³-hybridized carbons (Fsp3) is 0.200. The maximum atomic E-state index is 10.5. The van der Waals surface area contributed by atoms with Crippen molar-refractivity contribution in [2.24, 2.45) is 0 Å². The van der Waals surface area contributed by atoms with Crippen LogP contribution in [0, 0.1) is 11.3 Å². The third kappa shape index (κ3) is 2.38. The number of carboxylic acids is 1. The highest BCUT2D eigenvalue weighted by molar-refractivity contribution is 5.79. The van der Waals surface area contributed by atoms with Gasteiger partial charge in [0, 0.05) is 7.05 Å². The normalized spacial score (nSPS) is 9.33. The molecule has 0 fully saturated rings. The van der Waals surface area contributed by atoms with Crippen LogP contribution in [0.1, 0.15) is 5.56 Å². The molecule has 0 saturated carbocycles. The molecule has 0 heterocycles. The molecule has 1 rings (SSSR count). The fourth-order valence-electron chi connectivity index (χ4n) is 1.27. The van der Waals surface area contributed by atoms with Crippen LogP contribution in [-0.2, 0) is 4.79 Å². The van der Waals surface area contributed by atoms with E-state index in [1.54, 1.807) is 25.2 Å². The van der Waals surface area contributed by atoms with Crippen molar-refractivity contribution in [1.82, 2.24) is 0 Å². The summed E-state index contributed by atoms with van der Waals surface area (Å²) in [7, 11) is 1.61. The van der Waals surface area contributed by atoms with E-state index < -0.39 is 5.97 Å². The number of carbonyl (C=O) groups is 1. The van der Waals surface area contributed by atoms with Gasteiger partial charge in [-0.3, -0.25) is 4.79 Å². The summed E-state index contributed by atoms with van der Waals surface area (Å²) >= 11 is 0. The van der Waals surface area contributed by atoms with Crippen LogP contribution in [-0.4, -0.2) is 24.7 Å². The Balaban J connectivity index is 3.05. The number of para-hydroxylation sites is 1. The van der Waals surface area contributed by atoms with Gasteiger partial charge in [-0.25, -0.2) is 0 Å². The number of likely N-dealkylation sites (N-methyl/N-ethyl adjacent to an activating group) is 1. The molecule has 1 aromatic carbocycles. The fourth-order valence-corrected chi connectivity index (χ4v) is 1.27. The molecular weight excluding hydrogens is 194 g/mol. The smallest absolute Gasteiger partial charge is 0.323 e. The molecule has 0 unspecified atom stereocenters. The largest absolute Gasteiger partial charge is 0.480 e. The number of carboxylic acid groups (broad SMARTS) is 1. The number of nitrogens with zero attached hydrogens (tertiary/aromatic N) is 2. The summed E-state index contributed by atoms with van der Waals surface area (Å²) in [5.74, 6) is -0.945. The predicted molar refractivity (Wildman–Crippen MR) is 56.5 cm³/mol. The lowest BCUT2D eigenvalue weighted by atomic mass is 10.1. The van der Waals surface area contributed by atoms with Crippen LogP contribution >= 0.6 is 0 Å². The van der Waals surface area contributed by atoms with E-state index in [4.69, 9.17) is 16.1 Å². The van der Waals surface area contributed by atoms with Crippen LogP contribution in [0.2, 0.25) is 0 Å². The van der Waals surface area contributed by atoms with E-state index in [-0.39, 0.29) is 6.54 Å². The highest BCUT2D eigenvalue weighted by Crippen LogP contribution is 2.24. The maximum absolute atomic E-state index is 10.5. The van der Waals surface area contributed by atoms with E-state index in [0.717, 1.165) is 0 Å². The summed E-state index contributed by atoms with van der Waals surface area (Å²) in [6.07, 6.45) is 0. The highest BCUT2D eigenvalue weighted by atomic mass is 16.4. The van der Waals surface area contributed by atoms with E-state index in [0.29, 0.717) is 16.9 Å². The van der Waals surface area contributed by atoms with Crippen LogP contribution in [0.3, 0.4) is 0 Å². The first-order chi connectivity index (χ1) is 7.06. The lowest BCUT2D eigenvalue weighted by Crippen LogP contribution is -2.26. The molecule has 0 amide bonds. The molecule has 0 aliphatic carbocycles. The Morgan fingerprint density at radius 2 is 2.33 bits per heavy atom. The molecule has 0 aliphatic rings. The molecule has 15 heavy (non-hydrogen) atoms. The van der Waals surface area contributed by atoms with Crippen molar-refractivity contribution in [2.75, 3.05) is 24.2 Å². The van der Waals surface area contributed by atoms with Crippen LogP contribution in [0.15, 0.2) is 18.2 Å². The number of hydrogen-bond donors (Lipinski definition) is 2. The van der Waals surface area contributed by atoms with Crippen LogP contribution in [0.5, 0.6) is 0 Å². The minimum absolute atomic E-state index is 0.154. The van der Waals surface area contributed by atoms with Gasteiger partial charge in [0.05, 0.1) is 16.9 Å². The van der Waals surface area contributed by atoms with Gasteiger partial charge in [0.15, 0.2) is 0 Å². The Morgan fingerprint density at radius 3 is 2.87 bits per heavy atom. The van der Waals surface area contributed by atoms with Gasteiger partial charge in [-0.1, -0.05) is 6.07 Å². The summed E-state index contributed by atoms with van der Waals surface area (Å²) in [4.78, 5) is 12.0. The Bertz CT molecular complexity index is 423. The highest BCUT2D eigenvalue weighted by Gasteiger charge is 2.10. The van der Waals surface area contributed by atoms with Gasteiger partial charge in [0.1, 0.15) is 12.6 Å². The van der Waals surface area contributed by atoms with Gasteiger partial charge in [-0.15, -0.1) is 0 Å². The molecule has 0 aliphatic heterocycles. The molecule has 0 aromatic heterocycles. The molecule has 0 atom stereocenters. The van der Waals surface area contributed by atoms with E-state index in [1.165, 1.54) is 4.90 Å². The average molecular weight is 205 g/mol. The molecule has 0 radical (unpaired) electrons. The van der Waals surface area contributed by atoms with Crippen molar-refractivity contribution in [3.63, 3.8) is 0 Å². The maximum Gasteiger partial charge on any atom is 0.323 e. The second-order valence-corrected chi connectivity index (χ2v) is 3.10.